The summed E-state index contributed by atoms with van der Waals surface area (Å²) in [6.07, 6.45) is 0.717. The van der Waals surface area contributed by atoms with Gasteiger partial charge in [0.1, 0.15) is 17.4 Å². The summed E-state index contributed by atoms with van der Waals surface area (Å²) in [6, 6.07) is 5.44. The van der Waals surface area contributed by atoms with Gasteiger partial charge in [-0.15, -0.1) is 0 Å². The lowest BCUT2D eigenvalue weighted by Gasteiger charge is -2.27. The van der Waals surface area contributed by atoms with E-state index in [0.29, 0.717) is 30.7 Å². The lowest BCUT2D eigenvalue weighted by atomic mass is 10.2. The summed E-state index contributed by atoms with van der Waals surface area (Å²) >= 11 is 0. The van der Waals surface area contributed by atoms with E-state index in [4.69, 9.17) is 14.2 Å². The number of likely N-dealkylation sites (tertiary alicyclic amines) is 1. The predicted octanol–water partition coefficient (Wildman–Crippen LogP) is 3.17. The molecule has 1 aliphatic rings. The summed E-state index contributed by atoms with van der Waals surface area (Å²) in [7, 11) is 0. The van der Waals surface area contributed by atoms with E-state index in [-0.39, 0.29) is 6.61 Å². The number of rotatable bonds is 4. The molecule has 1 aromatic carbocycles. The zero-order valence-electron chi connectivity index (χ0n) is 15.6. The van der Waals surface area contributed by atoms with Crippen LogP contribution >= 0.6 is 0 Å². The molecule has 1 saturated heterocycles. The molecule has 142 valence electrons. The number of nitrogens with zero attached hydrogens (tertiary/aromatic N) is 1. The Morgan fingerprint density at radius 3 is 2.38 bits per heavy atom. The Morgan fingerprint density at radius 2 is 1.81 bits per heavy atom. The van der Waals surface area contributed by atoms with Crippen LogP contribution in [-0.2, 0) is 14.3 Å². The quantitative estimate of drug-likeness (QED) is 0.604. The van der Waals surface area contributed by atoms with Crippen LogP contribution in [0.1, 0.15) is 50.9 Å². The van der Waals surface area contributed by atoms with Gasteiger partial charge in [0.15, 0.2) is 0 Å². The zero-order chi connectivity index (χ0) is 19.3. The summed E-state index contributed by atoms with van der Waals surface area (Å²) in [4.78, 5) is 37.7. The molecule has 0 saturated carbocycles. The lowest BCUT2D eigenvalue weighted by Crippen LogP contribution is -2.44. The molecule has 2 rings (SSSR count). The van der Waals surface area contributed by atoms with E-state index in [1.165, 1.54) is 29.2 Å². The molecule has 7 heteroatoms. The molecule has 0 aromatic heterocycles. The van der Waals surface area contributed by atoms with E-state index >= 15 is 0 Å². The molecule has 7 nitrogen and oxygen atoms in total. The Labute approximate surface area is 153 Å². The summed E-state index contributed by atoms with van der Waals surface area (Å²) in [5, 5.41) is 0. The highest BCUT2D eigenvalue weighted by Crippen LogP contribution is 2.23. The van der Waals surface area contributed by atoms with Crippen LogP contribution in [0.3, 0.4) is 0 Å². The number of ether oxygens (including phenoxy) is 3. The van der Waals surface area contributed by atoms with Crippen LogP contribution in [0, 0.1) is 0 Å². The van der Waals surface area contributed by atoms with Gasteiger partial charge in [0, 0.05) is 6.54 Å². The van der Waals surface area contributed by atoms with Gasteiger partial charge in [0.05, 0.1) is 12.2 Å². The number of carbonyl (C=O) groups is 3. The number of hydrogen-bond acceptors (Lipinski definition) is 6. The van der Waals surface area contributed by atoms with Crippen molar-refractivity contribution in [1.29, 1.82) is 0 Å². The van der Waals surface area contributed by atoms with Gasteiger partial charge in [-0.2, -0.15) is 0 Å². The van der Waals surface area contributed by atoms with E-state index in [1.807, 2.05) is 0 Å². The highest BCUT2D eigenvalue weighted by molar-refractivity contribution is 5.89. The van der Waals surface area contributed by atoms with Gasteiger partial charge in [-0.25, -0.2) is 14.4 Å². The minimum Gasteiger partial charge on any atom is -0.462 e. The van der Waals surface area contributed by atoms with Gasteiger partial charge in [0.25, 0.3) is 0 Å². The highest BCUT2D eigenvalue weighted by atomic mass is 16.6. The van der Waals surface area contributed by atoms with Crippen LogP contribution in [0.5, 0.6) is 5.75 Å². The van der Waals surface area contributed by atoms with Gasteiger partial charge < -0.3 is 14.2 Å². The number of hydrogen-bond donors (Lipinski definition) is 0. The highest BCUT2D eigenvalue weighted by Gasteiger charge is 2.37. The standard InChI is InChI=1S/C19H25NO6/c1-5-24-16(21)13-8-10-14(11-9-13)25-17(22)15-7-6-12-20(15)18(23)26-19(2,3)4/h8-11,15H,5-7,12H2,1-4H3. The van der Waals surface area contributed by atoms with Crippen molar-refractivity contribution in [3.05, 3.63) is 29.8 Å². The maximum absolute atomic E-state index is 12.5. The fourth-order valence-corrected chi connectivity index (χ4v) is 2.61. The topological polar surface area (TPSA) is 82.1 Å². The SMILES string of the molecule is CCOC(=O)c1ccc(OC(=O)C2CCCN2C(=O)OC(C)(C)C)cc1. The zero-order valence-corrected chi connectivity index (χ0v) is 15.6. The molecule has 1 amide bonds. The molecular weight excluding hydrogens is 338 g/mol. The molecule has 0 spiro atoms. The van der Waals surface area contributed by atoms with E-state index in [2.05, 4.69) is 0 Å². The smallest absolute Gasteiger partial charge is 0.411 e. The predicted molar refractivity (Wildman–Crippen MR) is 94.0 cm³/mol. The van der Waals surface area contributed by atoms with Gasteiger partial charge in [-0.1, -0.05) is 0 Å². The third kappa shape index (κ3) is 5.21. The normalized spacial score (nSPS) is 16.9. The van der Waals surface area contributed by atoms with Crippen LogP contribution in [0.25, 0.3) is 0 Å². The largest absolute Gasteiger partial charge is 0.462 e. The van der Waals surface area contributed by atoms with Crippen LogP contribution < -0.4 is 4.74 Å². The second kappa shape index (κ2) is 8.21. The molecular formula is C19H25NO6. The van der Waals surface area contributed by atoms with Crippen molar-refractivity contribution in [2.75, 3.05) is 13.2 Å². The fraction of sp³-hybridized carbons (Fsp3) is 0.526. The first-order valence-electron chi connectivity index (χ1n) is 8.70. The monoisotopic (exact) mass is 363 g/mol. The number of amides is 1. The van der Waals surface area contributed by atoms with E-state index in [9.17, 15) is 14.4 Å². The summed E-state index contributed by atoms with van der Waals surface area (Å²) in [5.74, 6) is -0.645. The molecule has 1 fully saturated rings. The van der Waals surface area contributed by atoms with Crippen molar-refractivity contribution in [3.63, 3.8) is 0 Å². The second-order valence-corrected chi connectivity index (χ2v) is 7.00. The molecule has 1 unspecified atom stereocenters. The van der Waals surface area contributed by atoms with Gasteiger partial charge in [-0.05, 0) is 64.8 Å². The number of benzene rings is 1. The van der Waals surface area contributed by atoms with Gasteiger partial charge >= 0.3 is 18.0 Å². The maximum atomic E-state index is 12.5. The first kappa shape index (κ1) is 19.8. The average molecular weight is 363 g/mol. The Morgan fingerprint density at radius 1 is 1.15 bits per heavy atom. The molecule has 0 bridgehead atoms. The van der Waals surface area contributed by atoms with Crippen LogP contribution in [0.4, 0.5) is 4.79 Å². The van der Waals surface area contributed by atoms with Crippen LogP contribution in [-0.4, -0.2) is 47.7 Å². The summed E-state index contributed by atoms with van der Waals surface area (Å²) < 4.78 is 15.6. The maximum Gasteiger partial charge on any atom is 0.411 e. The van der Waals surface area contributed by atoms with E-state index in [1.54, 1.807) is 27.7 Å². The first-order valence-corrected chi connectivity index (χ1v) is 8.70. The van der Waals surface area contributed by atoms with Crippen molar-refractivity contribution in [2.45, 2.75) is 52.2 Å². The van der Waals surface area contributed by atoms with Gasteiger partial charge in [-0.3, -0.25) is 4.90 Å². The second-order valence-electron chi connectivity index (χ2n) is 7.00. The molecule has 0 aliphatic carbocycles. The third-order valence-electron chi connectivity index (χ3n) is 3.74. The summed E-state index contributed by atoms with van der Waals surface area (Å²) in [5.41, 5.74) is -0.250. The first-order chi connectivity index (χ1) is 12.2. The van der Waals surface area contributed by atoms with Gasteiger partial charge in [0.2, 0.25) is 0 Å². The lowest BCUT2D eigenvalue weighted by molar-refractivity contribution is -0.139. The molecule has 0 radical (unpaired) electrons. The van der Waals surface area contributed by atoms with Crippen LogP contribution in [0.15, 0.2) is 24.3 Å². The Kier molecular flexibility index (Phi) is 6.23. The molecule has 1 heterocycles. The van der Waals surface area contributed by atoms with Crippen molar-refractivity contribution in [1.82, 2.24) is 4.90 Å². The Hall–Kier alpha value is -2.57. The molecule has 26 heavy (non-hydrogen) atoms. The fourth-order valence-electron chi connectivity index (χ4n) is 2.61. The third-order valence-corrected chi connectivity index (χ3v) is 3.74. The molecule has 1 aliphatic heterocycles. The van der Waals surface area contributed by atoms with Crippen molar-refractivity contribution in [3.8, 4) is 5.75 Å². The number of esters is 2. The minimum absolute atomic E-state index is 0.289. The average Bonchev–Trinajstić information content (AvgIpc) is 3.04. The molecule has 1 aromatic rings. The van der Waals surface area contributed by atoms with Crippen molar-refractivity contribution >= 4 is 18.0 Å². The van der Waals surface area contributed by atoms with Crippen molar-refractivity contribution < 1.29 is 28.6 Å². The minimum atomic E-state index is -0.672. The molecule has 0 N–H and O–H groups in total. The van der Waals surface area contributed by atoms with Crippen molar-refractivity contribution in [2.24, 2.45) is 0 Å². The Balaban J connectivity index is 2.00. The summed E-state index contributed by atoms with van der Waals surface area (Å²) in [6.45, 7) is 7.80. The molecule has 1 atom stereocenters. The van der Waals surface area contributed by atoms with E-state index in [0.717, 1.165) is 0 Å². The Bertz CT molecular complexity index is 662. The van der Waals surface area contributed by atoms with Crippen LogP contribution in [0.2, 0.25) is 0 Å². The number of carbonyl (C=O) groups excluding carboxylic acids is 3. The van der Waals surface area contributed by atoms with E-state index < -0.39 is 29.7 Å².